The molecule has 0 amide bonds. The second-order valence-corrected chi connectivity index (χ2v) is 4.20. The Morgan fingerprint density at radius 1 is 1.13 bits per heavy atom. The quantitative estimate of drug-likeness (QED) is 0.742. The van der Waals surface area contributed by atoms with E-state index in [2.05, 4.69) is 36.1 Å². The van der Waals surface area contributed by atoms with E-state index in [1.54, 1.807) is 0 Å². The number of para-hydroxylation sites is 1. The van der Waals surface area contributed by atoms with E-state index in [4.69, 9.17) is 5.41 Å². The van der Waals surface area contributed by atoms with Crippen molar-refractivity contribution < 1.29 is 0 Å². The highest BCUT2D eigenvalue weighted by Crippen LogP contribution is 2.23. The zero-order valence-corrected chi connectivity index (χ0v) is 9.29. The summed E-state index contributed by atoms with van der Waals surface area (Å²) >= 11 is 0. The summed E-state index contributed by atoms with van der Waals surface area (Å²) in [5, 5.41) is 8.05. The Labute approximate surface area is 91.4 Å². The minimum absolute atomic E-state index is 0.779. The number of hydrogen-bond acceptors (Lipinski definition) is 1. The molecular weight excluding hydrogens is 184 g/mol. The summed E-state index contributed by atoms with van der Waals surface area (Å²) < 4.78 is 0. The van der Waals surface area contributed by atoms with Crippen molar-refractivity contribution >= 4 is 11.5 Å². The fraction of sp³-hybridized carbons (Fsp3) is 0.462. The maximum absolute atomic E-state index is 8.05. The summed E-state index contributed by atoms with van der Waals surface area (Å²) in [7, 11) is 0. The Kier molecular flexibility index (Phi) is 3.05. The molecule has 1 saturated heterocycles. The van der Waals surface area contributed by atoms with Crippen LogP contribution in [0.1, 0.15) is 31.2 Å². The summed E-state index contributed by atoms with van der Waals surface area (Å²) in [5.74, 6) is 0.779. The van der Waals surface area contributed by atoms with Crippen LogP contribution in [0, 0.1) is 12.3 Å². The molecule has 2 rings (SSSR count). The molecule has 1 N–H and O–H groups in total. The highest BCUT2D eigenvalue weighted by Gasteiger charge is 2.16. The molecule has 15 heavy (non-hydrogen) atoms. The lowest BCUT2D eigenvalue weighted by atomic mass is 10.1. The van der Waals surface area contributed by atoms with Gasteiger partial charge in [0.2, 0.25) is 0 Å². The van der Waals surface area contributed by atoms with Crippen LogP contribution in [0.25, 0.3) is 0 Å². The zero-order valence-electron chi connectivity index (χ0n) is 9.29. The first-order valence-electron chi connectivity index (χ1n) is 5.69. The van der Waals surface area contributed by atoms with E-state index >= 15 is 0 Å². The Bertz CT molecular complexity index is 357. The predicted octanol–water partition coefficient (Wildman–Crippen LogP) is 3.35. The van der Waals surface area contributed by atoms with Crippen molar-refractivity contribution in [3.05, 3.63) is 29.8 Å². The molecule has 1 aromatic carbocycles. The van der Waals surface area contributed by atoms with Gasteiger partial charge in [-0.15, -0.1) is 0 Å². The third kappa shape index (κ3) is 2.20. The van der Waals surface area contributed by atoms with Crippen LogP contribution < -0.4 is 4.90 Å². The lowest BCUT2D eigenvalue weighted by Gasteiger charge is -2.24. The van der Waals surface area contributed by atoms with Crippen LogP contribution in [0.5, 0.6) is 0 Å². The van der Waals surface area contributed by atoms with Crippen molar-refractivity contribution in [2.24, 2.45) is 0 Å². The average Bonchev–Trinajstić information content (AvgIpc) is 2.44. The fourth-order valence-corrected chi connectivity index (χ4v) is 2.14. The number of aryl methyl sites for hydroxylation is 1. The van der Waals surface area contributed by atoms with E-state index in [0.29, 0.717) is 0 Å². The minimum Gasteiger partial charge on any atom is -0.330 e. The zero-order chi connectivity index (χ0) is 10.7. The molecule has 1 aromatic rings. The van der Waals surface area contributed by atoms with Gasteiger partial charge in [0.15, 0.2) is 0 Å². The Morgan fingerprint density at radius 2 is 1.93 bits per heavy atom. The molecule has 2 nitrogen and oxygen atoms in total. The summed E-state index contributed by atoms with van der Waals surface area (Å²) in [5.41, 5.74) is 2.48. The number of benzene rings is 1. The first-order chi connectivity index (χ1) is 7.29. The maximum Gasteiger partial charge on any atom is 0.100 e. The van der Waals surface area contributed by atoms with Gasteiger partial charge in [0.25, 0.3) is 0 Å². The molecule has 1 fully saturated rings. The van der Waals surface area contributed by atoms with Crippen LogP contribution in [0.4, 0.5) is 5.69 Å². The van der Waals surface area contributed by atoms with Crippen molar-refractivity contribution in [3.63, 3.8) is 0 Å². The lowest BCUT2D eigenvalue weighted by molar-refractivity contribution is 0.735. The number of anilines is 1. The fourth-order valence-electron chi connectivity index (χ4n) is 2.14. The van der Waals surface area contributed by atoms with Gasteiger partial charge in [-0.05, 0) is 31.4 Å². The topological polar surface area (TPSA) is 27.1 Å². The molecule has 1 aliphatic heterocycles. The Hall–Kier alpha value is -1.31. The summed E-state index contributed by atoms with van der Waals surface area (Å²) in [6, 6.07) is 8.35. The molecule has 0 spiro atoms. The first-order valence-corrected chi connectivity index (χ1v) is 5.69. The molecule has 2 heteroatoms. The van der Waals surface area contributed by atoms with Gasteiger partial charge in [-0.2, -0.15) is 0 Å². The van der Waals surface area contributed by atoms with Gasteiger partial charge < -0.3 is 4.90 Å². The van der Waals surface area contributed by atoms with Crippen LogP contribution in [0.2, 0.25) is 0 Å². The van der Waals surface area contributed by atoms with E-state index in [9.17, 15) is 0 Å². The Morgan fingerprint density at radius 3 is 2.73 bits per heavy atom. The second kappa shape index (κ2) is 4.47. The highest BCUT2D eigenvalue weighted by atomic mass is 15.2. The van der Waals surface area contributed by atoms with E-state index in [1.165, 1.54) is 30.5 Å². The summed E-state index contributed by atoms with van der Waals surface area (Å²) in [4.78, 5) is 2.17. The Balaban J connectivity index is 2.28. The summed E-state index contributed by atoms with van der Waals surface area (Å²) in [6.45, 7) is 3.12. The smallest absolute Gasteiger partial charge is 0.100 e. The molecule has 0 aliphatic carbocycles. The lowest BCUT2D eigenvalue weighted by Crippen LogP contribution is -2.29. The number of nitrogens with one attached hydrogen (secondary N) is 1. The molecule has 0 unspecified atom stereocenters. The third-order valence-electron chi connectivity index (χ3n) is 3.03. The second-order valence-electron chi connectivity index (χ2n) is 4.20. The predicted molar refractivity (Wildman–Crippen MR) is 64.7 cm³/mol. The molecule has 0 saturated carbocycles. The van der Waals surface area contributed by atoms with E-state index < -0.39 is 0 Å². The standard InChI is InChI=1S/C13H18N2/c1-11-7-4-5-8-12(11)15-10-6-2-3-9-13(15)14/h4-5,7-8,14H,2-3,6,9-10H2,1H3. The molecule has 1 heterocycles. The largest absolute Gasteiger partial charge is 0.330 e. The monoisotopic (exact) mass is 202 g/mol. The van der Waals surface area contributed by atoms with E-state index in [1.807, 2.05) is 0 Å². The van der Waals surface area contributed by atoms with Crippen molar-refractivity contribution in [2.45, 2.75) is 32.6 Å². The van der Waals surface area contributed by atoms with E-state index in [-0.39, 0.29) is 0 Å². The van der Waals surface area contributed by atoms with Gasteiger partial charge in [0.1, 0.15) is 5.84 Å². The number of amidine groups is 1. The molecule has 80 valence electrons. The van der Waals surface area contributed by atoms with Gasteiger partial charge >= 0.3 is 0 Å². The van der Waals surface area contributed by atoms with Crippen LogP contribution in [0.15, 0.2) is 24.3 Å². The van der Waals surface area contributed by atoms with Gasteiger partial charge in [0.05, 0.1) is 0 Å². The summed E-state index contributed by atoms with van der Waals surface area (Å²) in [6.07, 6.45) is 4.55. The van der Waals surface area contributed by atoms with Crippen LogP contribution in [-0.4, -0.2) is 12.4 Å². The average molecular weight is 202 g/mol. The highest BCUT2D eigenvalue weighted by molar-refractivity contribution is 5.96. The van der Waals surface area contributed by atoms with Gasteiger partial charge in [-0.1, -0.05) is 24.6 Å². The molecule has 0 atom stereocenters. The van der Waals surface area contributed by atoms with Crippen molar-refractivity contribution in [3.8, 4) is 0 Å². The number of rotatable bonds is 1. The SMILES string of the molecule is Cc1ccccc1N1CCCCCC1=N. The van der Waals surface area contributed by atoms with Gasteiger partial charge in [0, 0.05) is 18.7 Å². The normalized spacial score (nSPS) is 17.7. The molecular formula is C13H18N2. The number of nitrogens with zero attached hydrogens (tertiary/aromatic N) is 1. The minimum atomic E-state index is 0.779. The third-order valence-corrected chi connectivity index (χ3v) is 3.03. The van der Waals surface area contributed by atoms with Crippen LogP contribution >= 0.6 is 0 Å². The van der Waals surface area contributed by atoms with Crippen molar-refractivity contribution in [2.75, 3.05) is 11.4 Å². The van der Waals surface area contributed by atoms with E-state index in [0.717, 1.165) is 18.8 Å². The van der Waals surface area contributed by atoms with Crippen LogP contribution in [0.3, 0.4) is 0 Å². The molecule has 1 aliphatic rings. The maximum atomic E-state index is 8.05. The van der Waals surface area contributed by atoms with Gasteiger partial charge in [-0.3, -0.25) is 5.41 Å². The molecule has 0 aromatic heterocycles. The van der Waals surface area contributed by atoms with Crippen molar-refractivity contribution in [1.29, 1.82) is 5.41 Å². The van der Waals surface area contributed by atoms with Crippen LogP contribution in [-0.2, 0) is 0 Å². The number of hydrogen-bond donors (Lipinski definition) is 1. The molecule has 0 bridgehead atoms. The van der Waals surface area contributed by atoms with Crippen molar-refractivity contribution in [1.82, 2.24) is 0 Å². The first kappa shape index (κ1) is 10.2. The molecule has 0 radical (unpaired) electrons. The van der Waals surface area contributed by atoms with Gasteiger partial charge in [-0.25, -0.2) is 0 Å².